The van der Waals surface area contributed by atoms with Crippen molar-refractivity contribution in [3.63, 3.8) is 0 Å². The molecule has 0 amide bonds. The Hall–Kier alpha value is -0.790. The molecule has 0 aromatic rings. The molecule has 0 N–H and O–H groups in total. The molecule has 0 aromatic heterocycles. The number of carbonyl (C=O) groups is 1. The Bertz CT molecular complexity index is 276. The van der Waals surface area contributed by atoms with Crippen molar-refractivity contribution in [2.45, 2.75) is 47.0 Å². The van der Waals surface area contributed by atoms with Crippen LogP contribution in [0.3, 0.4) is 0 Å². The summed E-state index contributed by atoms with van der Waals surface area (Å²) in [6.45, 7) is 8.32. The SMILES string of the molecule is C/C(=C\C1CC(C)CCC1(C)C)C(=O)[O-]. The number of carboxylic acid groups (broad SMARTS) is 1. The van der Waals surface area contributed by atoms with Gasteiger partial charge in [-0.05, 0) is 42.6 Å². The van der Waals surface area contributed by atoms with Gasteiger partial charge in [0.05, 0.1) is 5.97 Å². The van der Waals surface area contributed by atoms with Crippen LogP contribution in [0.1, 0.15) is 47.0 Å². The zero-order valence-electron chi connectivity index (χ0n) is 10.2. The van der Waals surface area contributed by atoms with E-state index in [1.807, 2.05) is 6.08 Å². The Labute approximate surface area is 92.4 Å². The second kappa shape index (κ2) is 4.38. The van der Waals surface area contributed by atoms with Crippen molar-refractivity contribution in [3.8, 4) is 0 Å². The van der Waals surface area contributed by atoms with Gasteiger partial charge >= 0.3 is 0 Å². The van der Waals surface area contributed by atoms with Crippen LogP contribution in [0, 0.1) is 17.3 Å². The van der Waals surface area contributed by atoms with E-state index in [4.69, 9.17) is 0 Å². The van der Waals surface area contributed by atoms with Crippen LogP contribution >= 0.6 is 0 Å². The molecule has 1 aliphatic carbocycles. The average molecular weight is 209 g/mol. The first kappa shape index (κ1) is 12.3. The highest BCUT2D eigenvalue weighted by molar-refractivity contribution is 5.83. The summed E-state index contributed by atoms with van der Waals surface area (Å²) in [7, 11) is 0. The smallest absolute Gasteiger partial charge is 0.0668 e. The molecule has 15 heavy (non-hydrogen) atoms. The van der Waals surface area contributed by atoms with Crippen molar-refractivity contribution in [2.24, 2.45) is 17.3 Å². The zero-order chi connectivity index (χ0) is 11.6. The molecule has 0 bridgehead atoms. The summed E-state index contributed by atoms with van der Waals surface area (Å²) in [5.41, 5.74) is 0.602. The van der Waals surface area contributed by atoms with Crippen LogP contribution in [-0.4, -0.2) is 5.97 Å². The number of allylic oxidation sites excluding steroid dienone is 1. The summed E-state index contributed by atoms with van der Waals surface area (Å²) in [6.07, 6.45) is 5.42. The molecule has 2 heteroatoms. The maximum Gasteiger partial charge on any atom is 0.0668 e. The van der Waals surface area contributed by atoms with E-state index in [1.54, 1.807) is 6.92 Å². The number of hydrogen-bond donors (Lipinski definition) is 0. The molecule has 1 aliphatic rings. The Morgan fingerprint density at radius 2 is 2.07 bits per heavy atom. The van der Waals surface area contributed by atoms with E-state index in [9.17, 15) is 9.90 Å². The molecule has 2 atom stereocenters. The molecule has 0 aromatic carbocycles. The van der Waals surface area contributed by atoms with Crippen molar-refractivity contribution >= 4 is 5.97 Å². The molecule has 0 aliphatic heterocycles. The number of aliphatic carboxylic acids is 1. The van der Waals surface area contributed by atoms with Gasteiger partial charge in [-0.15, -0.1) is 0 Å². The topological polar surface area (TPSA) is 40.1 Å². The van der Waals surface area contributed by atoms with Gasteiger partial charge in [-0.1, -0.05) is 33.3 Å². The van der Waals surface area contributed by atoms with Crippen molar-refractivity contribution < 1.29 is 9.90 Å². The van der Waals surface area contributed by atoms with Crippen molar-refractivity contribution in [1.82, 2.24) is 0 Å². The maximum atomic E-state index is 10.7. The number of rotatable bonds is 2. The summed E-state index contributed by atoms with van der Waals surface area (Å²) in [6, 6.07) is 0. The average Bonchev–Trinajstić information content (AvgIpc) is 2.11. The third-order valence-corrected chi connectivity index (χ3v) is 3.71. The van der Waals surface area contributed by atoms with Crippen LogP contribution in [0.15, 0.2) is 11.6 Å². The molecule has 0 heterocycles. The summed E-state index contributed by atoms with van der Waals surface area (Å²) in [5.74, 6) is 0.0389. The monoisotopic (exact) mass is 209 g/mol. The lowest BCUT2D eigenvalue weighted by molar-refractivity contribution is -0.299. The van der Waals surface area contributed by atoms with E-state index in [-0.39, 0.29) is 5.41 Å². The Kier molecular flexibility index (Phi) is 3.58. The summed E-state index contributed by atoms with van der Waals surface area (Å²) in [4.78, 5) is 10.7. The van der Waals surface area contributed by atoms with E-state index in [2.05, 4.69) is 20.8 Å². The fourth-order valence-corrected chi connectivity index (χ4v) is 2.34. The van der Waals surface area contributed by atoms with Gasteiger partial charge < -0.3 is 9.90 Å². The quantitative estimate of drug-likeness (QED) is 0.654. The Balaban J connectivity index is 2.81. The minimum absolute atomic E-state index is 0.225. The van der Waals surface area contributed by atoms with E-state index >= 15 is 0 Å². The predicted molar refractivity (Wildman–Crippen MR) is 59.1 cm³/mol. The number of hydrogen-bond acceptors (Lipinski definition) is 2. The minimum Gasteiger partial charge on any atom is -0.545 e. The zero-order valence-corrected chi connectivity index (χ0v) is 10.2. The van der Waals surface area contributed by atoms with Gasteiger partial charge in [-0.2, -0.15) is 0 Å². The lowest BCUT2D eigenvalue weighted by Gasteiger charge is -2.40. The molecule has 2 unspecified atom stereocenters. The van der Waals surface area contributed by atoms with Crippen LogP contribution in [0.4, 0.5) is 0 Å². The maximum absolute atomic E-state index is 10.7. The molecule has 0 radical (unpaired) electrons. The molecule has 1 saturated carbocycles. The van der Waals surface area contributed by atoms with Crippen LogP contribution in [-0.2, 0) is 4.79 Å². The highest BCUT2D eigenvalue weighted by atomic mass is 16.4. The third kappa shape index (κ3) is 3.08. The normalized spacial score (nSPS) is 31.3. The molecule has 2 nitrogen and oxygen atoms in total. The van der Waals surface area contributed by atoms with Crippen LogP contribution in [0.25, 0.3) is 0 Å². The van der Waals surface area contributed by atoms with Crippen LogP contribution < -0.4 is 5.11 Å². The molecule has 86 valence electrons. The first-order valence-electron chi connectivity index (χ1n) is 5.72. The molecular formula is C13H21O2-. The second-order valence-electron chi connectivity index (χ2n) is 5.61. The highest BCUT2D eigenvalue weighted by Gasteiger charge is 2.33. The van der Waals surface area contributed by atoms with E-state index in [0.29, 0.717) is 17.4 Å². The molecule has 0 saturated heterocycles. The summed E-state index contributed by atoms with van der Waals surface area (Å²) in [5, 5.41) is 10.7. The lowest BCUT2D eigenvalue weighted by atomic mass is 9.65. The molecular weight excluding hydrogens is 188 g/mol. The van der Waals surface area contributed by atoms with Gasteiger partial charge in [0.2, 0.25) is 0 Å². The number of carboxylic acids is 1. The largest absolute Gasteiger partial charge is 0.545 e. The standard InChI is InChI=1S/C13H22O2/c1-9-5-6-13(3,4)11(7-9)8-10(2)12(14)15/h8-9,11H,5-7H2,1-4H3,(H,14,15)/p-1/b10-8+. The first-order chi connectivity index (χ1) is 6.83. The van der Waals surface area contributed by atoms with Crippen molar-refractivity contribution in [1.29, 1.82) is 0 Å². The van der Waals surface area contributed by atoms with Crippen LogP contribution in [0.2, 0.25) is 0 Å². The Morgan fingerprint density at radius 1 is 1.47 bits per heavy atom. The number of carbonyl (C=O) groups excluding carboxylic acids is 1. The van der Waals surface area contributed by atoms with Crippen molar-refractivity contribution in [2.75, 3.05) is 0 Å². The predicted octanol–water partition coefficient (Wildman–Crippen LogP) is 2.14. The fourth-order valence-electron chi connectivity index (χ4n) is 2.34. The molecule has 1 fully saturated rings. The summed E-state index contributed by atoms with van der Waals surface area (Å²) < 4.78 is 0. The first-order valence-corrected chi connectivity index (χ1v) is 5.72. The van der Waals surface area contributed by atoms with Gasteiger partial charge in [-0.25, -0.2) is 0 Å². The highest BCUT2D eigenvalue weighted by Crippen LogP contribution is 2.43. The third-order valence-electron chi connectivity index (χ3n) is 3.71. The van der Waals surface area contributed by atoms with E-state index in [1.165, 1.54) is 12.8 Å². The van der Waals surface area contributed by atoms with Gasteiger partial charge in [0, 0.05) is 0 Å². The molecule has 0 spiro atoms. The molecule has 1 rings (SSSR count). The van der Waals surface area contributed by atoms with Gasteiger partial charge in [0.15, 0.2) is 0 Å². The second-order valence-corrected chi connectivity index (χ2v) is 5.61. The van der Waals surface area contributed by atoms with Crippen LogP contribution in [0.5, 0.6) is 0 Å². The van der Waals surface area contributed by atoms with Crippen molar-refractivity contribution in [3.05, 3.63) is 11.6 Å². The fraction of sp³-hybridized carbons (Fsp3) is 0.769. The lowest BCUT2D eigenvalue weighted by Crippen LogP contribution is -2.31. The minimum atomic E-state index is -1.04. The van der Waals surface area contributed by atoms with Gasteiger partial charge in [-0.3, -0.25) is 0 Å². The van der Waals surface area contributed by atoms with Gasteiger partial charge in [0.25, 0.3) is 0 Å². The van der Waals surface area contributed by atoms with Gasteiger partial charge in [0.1, 0.15) is 0 Å². The summed E-state index contributed by atoms with van der Waals surface area (Å²) >= 11 is 0. The van der Waals surface area contributed by atoms with E-state index < -0.39 is 5.97 Å². The Morgan fingerprint density at radius 3 is 2.60 bits per heavy atom. The van der Waals surface area contributed by atoms with E-state index in [0.717, 1.165) is 6.42 Å².